The summed E-state index contributed by atoms with van der Waals surface area (Å²) in [5.74, 6) is 0.608. The normalized spacial score (nSPS) is 13.0. The summed E-state index contributed by atoms with van der Waals surface area (Å²) in [6, 6.07) is 0. The van der Waals surface area contributed by atoms with Gasteiger partial charge in [-0.05, 0) is 19.8 Å². The minimum Gasteiger partial charge on any atom is -0.393 e. The molecule has 7 nitrogen and oxygen atoms in total. The number of aryl methyl sites for hydroxylation is 2. The van der Waals surface area contributed by atoms with E-state index in [1.807, 2.05) is 6.92 Å². The molecule has 2 aromatic rings. The van der Waals surface area contributed by atoms with E-state index in [4.69, 9.17) is 0 Å². The van der Waals surface area contributed by atoms with E-state index in [1.165, 1.54) is 4.57 Å². The Morgan fingerprint density at radius 2 is 2.11 bits per heavy atom. The first-order valence-corrected chi connectivity index (χ1v) is 6.42. The van der Waals surface area contributed by atoms with Crippen molar-refractivity contribution in [3.63, 3.8) is 0 Å². The van der Waals surface area contributed by atoms with Gasteiger partial charge in [-0.25, -0.2) is 9.78 Å². The minimum atomic E-state index is -0.455. The topological polar surface area (TPSA) is 104 Å². The van der Waals surface area contributed by atoms with Crippen molar-refractivity contribution in [1.82, 2.24) is 19.5 Å². The number of fused-ring (bicyclic) bond motifs is 1. The third kappa shape index (κ3) is 2.76. The lowest BCUT2D eigenvalue weighted by atomic mass is 10.2. The Labute approximate surface area is 109 Å². The molecule has 2 aromatic heterocycles. The van der Waals surface area contributed by atoms with E-state index in [0.717, 1.165) is 6.42 Å². The van der Waals surface area contributed by atoms with E-state index in [9.17, 15) is 14.7 Å². The molecular weight excluding hydrogens is 248 g/mol. The van der Waals surface area contributed by atoms with Crippen molar-refractivity contribution in [3.05, 3.63) is 26.7 Å². The minimum absolute atomic E-state index is 0.314. The molecule has 0 aliphatic rings. The van der Waals surface area contributed by atoms with Crippen LogP contribution in [0.1, 0.15) is 32.5 Å². The molecule has 2 heterocycles. The van der Waals surface area contributed by atoms with Crippen LogP contribution < -0.4 is 11.2 Å². The molecule has 0 bridgehead atoms. The van der Waals surface area contributed by atoms with Gasteiger partial charge in [-0.15, -0.1) is 0 Å². The molecule has 1 unspecified atom stereocenters. The molecule has 0 saturated carbocycles. The summed E-state index contributed by atoms with van der Waals surface area (Å²) < 4.78 is 1.46. The van der Waals surface area contributed by atoms with Gasteiger partial charge in [0.15, 0.2) is 5.65 Å². The van der Waals surface area contributed by atoms with Crippen molar-refractivity contribution >= 4 is 11.2 Å². The van der Waals surface area contributed by atoms with E-state index < -0.39 is 17.4 Å². The first kappa shape index (κ1) is 13.5. The third-order valence-corrected chi connectivity index (χ3v) is 2.93. The largest absolute Gasteiger partial charge is 0.393 e. The highest BCUT2D eigenvalue weighted by molar-refractivity contribution is 5.69. The molecule has 0 amide bonds. The van der Waals surface area contributed by atoms with Gasteiger partial charge in [0.1, 0.15) is 11.3 Å². The lowest BCUT2D eigenvalue weighted by molar-refractivity contribution is 0.184. The van der Waals surface area contributed by atoms with Gasteiger partial charge in [0, 0.05) is 13.0 Å². The van der Waals surface area contributed by atoms with Crippen molar-refractivity contribution < 1.29 is 5.11 Å². The zero-order valence-electron chi connectivity index (χ0n) is 11.1. The summed E-state index contributed by atoms with van der Waals surface area (Å²) in [6.45, 7) is 4.15. The summed E-state index contributed by atoms with van der Waals surface area (Å²) in [4.78, 5) is 32.9. The maximum Gasteiger partial charge on any atom is 0.330 e. The number of H-pyrrole nitrogens is 2. The molecule has 104 valence electrons. The lowest BCUT2D eigenvalue weighted by Gasteiger charge is -2.02. The predicted octanol–water partition coefficient (Wildman–Crippen LogP) is 0.136. The highest BCUT2D eigenvalue weighted by atomic mass is 16.3. The van der Waals surface area contributed by atoms with Crippen LogP contribution in [0.2, 0.25) is 0 Å². The number of nitrogens with one attached hydrogen (secondary N) is 2. The van der Waals surface area contributed by atoms with Crippen LogP contribution in [0.25, 0.3) is 11.2 Å². The summed E-state index contributed by atoms with van der Waals surface area (Å²) in [5.41, 5.74) is -0.194. The van der Waals surface area contributed by atoms with Crippen molar-refractivity contribution in [2.75, 3.05) is 0 Å². The van der Waals surface area contributed by atoms with Crippen molar-refractivity contribution in [1.29, 1.82) is 0 Å². The maximum absolute atomic E-state index is 11.7. The Morgan fingerprint density at radius 3 is 2.74 bits per heavy atom. The molecule has 19 heavy (non-hydrogen) atoms. The van der Waals surface area contributed by atoms with Gasteiger partial charge in [0.25, 0.3) is 5.56 Å². The number of aliphatic hydroxyl groups is 1. The molecular formula is C12H18N4O3. The summed E-state index contributed by atoms with van der Waals surface area (Å²) in [6.07, 6.45) is 1.43. The molecule has 0 radical (unpaired) electrons. The lowest BCUT2D eigenvalue weighted by Crippen LogP contribution is -2.30. The standard InChI is InChI=1S/C12H18N4O3/c1-3-6-16-10-9(11(18)15-12(16)19)13-8(14-10)5-4-7(2)17/h7,17H,3-6H2,1-2H3,(H,13,14)(H,15,18,19). The number of hydrogen-bond acceptors (Lipinski definition) is 4. The van der Waals surface area contributed by atoms with Crippen LogP contribution in [0.15, 0.2) is 9.59 Å². The van der Waals surface area contributed by atoms with Crippen molar-refractivity contribution in [2.24, 2.45) is 0 Å². The van der Waals surface area contributed by atoms with Crippen LogP contribution in [-0.2, 0) is 13.0 Å². The van der Waals surface area contributed by atoms with E-state index in [2.05, 4.69) is 15.0 Å². The Kier molecular flexibility index (Phi) is 3.84. The van der Waals surface area contributed by atoms with Crippen molar-refractivity contribution in [2.45, 2.75) is 45.8 Å². The van der Waals surface area contributed by atoms with E-state index in [1.54, 1.807) is 6.92 Å². The average Bonchev–Trinajstić information content (AvgIpc) is 2.76. The Hall–Kier alpha value is -1.89. The molecule has 0 spiro atoms. The highest BCUT2D eigenvalue weighted by Crippen LogP contribution is 2.08. The Balaban J connectivity index is 2.51. The van der Waals surface area contributed by atoms with Gasteiger partial charge in [0.05, 0.1) is 6.10 Å². The maximum atomic E-state index is 11.7. The number of rotatable bonds is 5. The molecule has 1 atom stereocenters. The van der Waals surface area contributed by atoms with Crippen LogP contribution in [0.5, 0.6) is 0 Å². The molecule has 0 aromatic carbocycles. The number of aromatic nitrogens is 4. The molecule has 0 aliphatic heterocycles. The smallest absolute Gasteiger partial charge is 0.330 e. The summed E-state index contributed by atoms with van der Waals surface area (Å²) >= 11 is 0. The fourth-order valence-electron chi connectivity index (χ4n) is 1.98. The van der Waals surface area contributed by atoms with Crippen LogP contribution in [0.3, 0.4) is 0 Å². The molecule has 7 heteroatoms. The number of hydrogen-bond donors (Lipinski definition) is 3. The molecule has 0 aliphatic carbocycles. The van der Waals surface area contributed by atoms with Gasteiger partial charge in [-0.1, -0.05) is 6.92 Å². The Bertz CT molecular complexity index is 680. The molecule has 3 N–H and O–H groups in total. The fourth-order valence-corrected chi connectivity index (χ4v) is 1.98. The number of aliphatic hydroxyl groups excluding tert-OH is 1. The van der Waals surface area contributed by atoms with E-state index in [-0.39, 0.29) is 0 Å². The predicted molar refractivity (Wildman–Crippen MR) is 71.3 cm³/mol. The van der Waals surface area contributed by atoms with Gasteiger partial charge in [-0.2, -0.15) is 0 Å². The Morgan fingerprint density at radius 1 is 1.37 bits per heavy atom. The average molecular weight is 266 g/mol. The monoisotopic (exact) mass is 266 g/mol. The van der Waals surface area contributed by atoms with Crippen LogP contribution in [0.4, 0.5) is 0 Å². The second-order valence-electron chi connectivity index (χ2n) is 4.68. The summed E-state index contributed by atoms with van der Waals surface area (Å²) in [7, 11) is 0. The first-order chi connectivity index (χ1) is 9.02. The van der Waals surface area contributed by atoms with Crippen molar-refractivity contribution in [3.8, 4) is 0 Å². The van der Waals surface area contributed by atoms with Crippen LogP contribution >= 0.6 is 0 Å². The van der Waals surface area contributed by atoms with Gasteiger partial charge in [0.2, 0.25) is 0 Å². The van der Waals surface area contributed by atoms with Crippen LogP contribution in [0, 0.1) is 0 Å². The van der Waals surface area contributed by atoms with E-state index >= 15 is 0 Å². The molecule has 0 saturated heterocycles. The van der Waals surface area contributed by atoms with E-state index in [0.29, 0.717) is 36.4 Å². The zero-order valence-corrected chi connectivity index (χ0v) is 11.1. The second-order valence-corrected chi connectivity index (χ2v) is 4.68. The van der Waals surface area contributed by atoms with Crippen LogP contribution in [-0.4, -0.2) is 30.7 Å². The first-order valence-electron chi connectivity index (χ1n) is 6.42. The van der Waals surface area contributed by atoms with Gasteiger partial charge >= 0.3 is 5.69 Å². The zero-order chi connectivity index (χ0) is 14.0. The van der Waals surface area contributed by atoms with Gasteiger partial charge < -0.3 is 10.1 Å². The third-order valence-electron chi connectivity index (χ3n) is 2.93. The highest BCUT2D eigenvalue weighted by Gasteiger charge is 2.12. The molecule has 2 rings (SSSR count). The quantitative estimate of drug-likeness (QED) is 0.715. The van der Waals surface area contributed by atoms with Gasteiger partial charge in [-0.3, -0.25) is 14.3 Å². The summed E-state index contributed by atoms with van der Waals surface area (Å²) in [5, 5.41) is 9.26. The molecule has 0 fully saturated rings. The number of nitrogens with zero attached hydrogens (tertiary/aromatic N) is 2. The fraction of sp³-hybridized carbons (Fsp3) is 0.583. The second kappa shape index (κ2) is 5.40. The SMILES string of the molecule is CCCn1c(=O)[nH]c(=O)c2[nH]c(CCC(C)O)nc21. The number of aromatic amines is 2. The number of imidazole rings is 1.